The van der Waals surface area contributed by atoms with Crippen LogP contribution in [0.5, 0.6) is 0 Å². The average Bonchev–Trinajstić information content (AvgIpc) is 2.42. The van der Waals surface area contributed by atoms with Crippen LogP contribution >= 0.6 is 0 Å². The van der Waals surface area contributed by atoms with Crippen molar-refractivity contribution >= 4 is 11.9 Å². The molecule has 1 fully saturated rings. The van der Waals surface area contributed by atoms with Gasteiger partial charge in [0.05, 0.1) is 5.92 Å². The van der Waals surface area contributed by atoms with E-state index in [1.807, 2.05) is 6.92 Å². The summed E-state index contributed by atoms with van der Waals surface area (Å²) in [6.45, 7) is 4.49. The fraction of sp³-hybridized carbons (Fsp3) is 0.867. The third-order valence-corrected chi connectivity index (χ3v) is 4.14. The van der Waals surface area contributed by atoms with E-state index < -0.39 is 11.9 Å². The number of nitrogens with zero attached hydrogens (tertiary/aromatic N) is 1. The molecule has 1 aliphatic carbocycles. The van der Waals surface area contributed by atoms with Crippen molar-refractivity contribution in [1.29, 1.82) is 0 Å². The molecule has 1 amide bonds. The number of hydrogen-bond acceptors (Lipinski definition) is 2. The Hall–Kier alpha value is -1.06. The number of hydrogen-bond donors (Lipinski definition) is 1. The summed E-state index contributed by atoms with van der Waals surface area (Å²) >= 11 is 0. The standard InChI is InChI=1S/C15H27NO3/c1-3-16(11-12(2)15(18)19)14(17)10-9-13-7-5-4-6-8-13/h12-13H,3-11H2,1-2H3,(H,18,19). The van der Waals surface area contributed by atoms with Crippen molar-refractivity contribution in [3.63, 3.8) is 0 Å². The van der Waals surface area contributed by atoms with Crippen molar-refractivity contribution in [3.05, 3.63) is 0 Å². The minimum absolute atomic E-state index is 0.112. The zero-order chi connectivity index (χ0) is 14.3. The fourth-order valence-corrected chi connectivity index (χ4v) is 2.78. The van der Waals surface area contributed by atoms with Crippen LogP contribution in [0.15, 0.2) is 0 Å². The van der Waals surface area contributed by atoms with E-state index >= 15 is 0 Å². The molecule has 1 saturated carbocycles. The first-order valence-corrected chi connectivity index (χ1v) is 7.55. The Morgan fingerprint density at radius 1 is 1.26 bits per heavy atom. The van der Waals surface area contributed by atoms with Crippen LogP contribution in [0.4, 0.5) is 0 Å². The molecule has 19 heavy (non-hydrogen) atoms. The fourth-order valence-electron chi connectivity index (χ4n) is 2.78. The normalized spacial score (nSPS) is 18.0. The molecule has 1 N–H and O–H groups in total. The lowest BCUT2D eigenvalue weighted by Gasteiger charge is -2.25. The molecule has 0 radical (unpaired) electrons. The number of carboxylic acid groups (broad SMARTS) is 1. The Bertz CT molecular complexity index is 298. The van der Waals surface area contributed by atoms with Crippen molar-refractivity contribution in [2.45, 2.75) is 58.8 Å². The number of aliphatic carboxylic acids is 1. The minimum atomic E-state index is -0.835. The second-order valence-corrected chi connectivity index (χ2v) is 5.71. The van der Waals surface area contributed by atoms with Crippen LogP contribution < -0.4 is 0 Å². The quantitative estimate of drug-likeness (QED) is 0.773. The first kappa shape index (κ1) is 16.0. The summed E-state index contributed by atoms with van der Waals surface area (Å²) in [6, 6.07) is 0. The summed E-state index contributed by atoms with van der Waals surface area (Å²) in [5, 5.41) is 8.90. The monoisotopic (exact) mass is 269 g/mol. The second kappa shape index (κ2) is 8.18. The van der Waals surface area contributed by atoms with Gasteiger partial charge in [0, 0.05) is 19.5 Å². The maximum atomic E-state index is 12.1. The third kappa shape index (κ3) is 5.62. The largest absolute Gasteiger partial charge is 0.481 e. The zero-order valence-corrected chi connectivity index (χ0v) is 12.2. The molecule has 1 rings (SSSR count). The maximum absolute atomic E-state index is 12.1. The van der Waals surface area contributed by atoms with Gasteiger partial charge in [0.1, 0.15) is 0 Å². The molecule has 0 spiro atoms. The van der Waals surface area contributed by atoms with Gasteiger partial charge < -0.3 is 10.0 Å². The van der Waals surface area contributed by atoms with Crippen LogP contribution in [-0.2, 0) is 9.59 Å². The van der Waals surface area contributed by atoms with E-state index in [-0.39, 0.29) is 5.91 Å². The van der Waals surface area contributed by atoms with Gasteiger partial charge in [-0.3, -0.25) is 9.59 Å². The molecule has 110 valence electrons. The average molecular weight is 269 g/mol. The summed E-state index contributed by atoms with van der Waals surface area (Å²) in [7, 11) is 0. The molecule has 0 saturated heterocycles. The highest BCUT2D eigenvalue weighted by atomic mass is 16.4. The molecule has 0 aliphatic heterocycles. The van der Waals surface area contributed by atoms with Gasteiger partial charge in [-0.15, -0.1) is 0 Å². The van der Waals surface area contributed by atoms with E-state index in [1.165, 1.54) is 32.1 Å². The molecule has 0 aromatic carbocycles. The Balaban J connectivity index is 2.34. The Kier molecular flexibility index (Phi) is 6.89. The highest BCUT2D eigenvalue weighted by molar-refractivity contribution is 5.77. The van der Waals surface area contributed by atoms with Crippen LogP contribution in [0.3, 0.4) is 0 Å². The molecule has 0 aromatic rings. The topological polar surface area (TPSA) is 57.6 Å². The molecule has 1 unspecified atom stereocenters. The van der Waals surface area contributed by atoms with Crippen molar-refractivity contribution in [3.8, 4) is 0 Å². The van der Waals surface area contributed by atoms with Crippen molar-refractivity contribution in [1.82, 2.24) is 4.90 Å². The smallest absolute Gasteiger partial charge is 0.308 e. The van der Waals surface area contributed by atoms with Crippen LogP contribution in [0.2, 0.25) is 0 Å². The van der Waals surface area contributed by atoms with E-state index in [0.29, 0.717) is 25.4 Å². The highest BCUT2D eigenvalue weighted by Crippen LogP contribution is 2.27. The molecule has 1 aliphatic rings. The molecular formula is C15H27NO3. The lowest BCUT2D eigenvalue weighted by atomic mass is 9.86. The molecule has 0 heterocycles. The second-order valence-electron chi connectivity index (χ2n) is 5.71. The molecule has 4 heteroatoms. The van der Waals surface area contributed by atoms with E-state index in [4.69, 9.17) is 5.11 Å². The third-order valence-electron chi connectivity index (χ3n) is 4.14. The lowest BCUT2D eigenvalue weighted by molar-refractivity contribution is -0.143. The first-order chi connectivity index (χ1) is 9.04. The number of amides is 1. The van der Waals surface area contributed by atoms with Crippen molar-refractivity contribution in [2.24, 2.45) is 11.8 Å². The predicted molar refractivity (Wildman–Crippen MR) is 74.9 cm³/mol. The number of carbonyl (C=O) groups excluding carboxylic acids is 1. The summed E-state index contributed by atoms with van der Waals surface area (Å²) in [4.78, 5) is 24.6. The summed E-state index contributed by atoms with van der Waals surface area (Å²) in [5.74, 6) is -0.508. The van der Waals surface area contributed by atoms with Gasteiger partial charge in [-0.25, -0.2) is 0 Å². The Labute approximate surface area is 116 Å². The molecular weight excluding hydrogens is 242 g/mol. The van der Waals surface area contributed by atoms with Crippen molar-refractivity contribution < 1.29 is 14.7 Å². The highest BCUT2D eigenvalue weighted by Gasteiger charge is 2.21. The number of carboxylic acids is 1. The Morgan fingerprint density at radius 3 is 2.42 bits per heavy atom. The van der Waals surface area contributed by atoms with Gasteiger partial charge in [-0.1, -0.05) is 39.0 Å². The van der Waals surface area contributed by atoms with Gasteiger partial charge in [-0.2, -0.15) is 0 Å². The van der Waals surface area contributed by atoms with E-state index in [2.05, 4.69) is 0 Å². The number of carbonyl (C=O) groups is 2. The van der Waals surface area contributed by atoms with E-state index in [1.54, 1.807) is 11.8 Å². The minimum Gasteiger partial charge on any atom is -0.481 e. The first-order valence-electron chi connectivity index (χ1n) is 7.55. The van der Waals surface area contributed by atoms with E-state index in [0.717, 1.165) is 6.42 Å². The summed E-state index contributed by atoms with van der Waals surface area (Å²) in [5.41, 5.74) is 0. The molecule has 1 atom stereocenters. The Morgan fingerprint density at radius 2 is 1.89 bits per heavy atom. The van der Waals surface area contributed by atoms with Gasteiger partial charge in [0.25, 0.3) is 0 Å². The van der Waals surface area contributed by atoms with Gasteiger partial charge >= 0.3 is 5.97 Å². The SMILES string of the molecule is CCN(CC(C)C(=O)O)C(=O)CCC1CCCCC1. The maximum Gasteiger partial charge on any atom is 0.308 e. The van der Waals surface area contributed by atoms with Crippen molar-refractivity contribution in [2.75, 3.05) is 13.1 Å². The van der Waals surface area contributed by atoms with Crippen LogP contribution in [0, 0.1) is 11.8 Å². The predicted octanol–water partition coefficient (Wildman–Crippen LogP) is 2.92. The number of rotatable bonds is 7. The summed E-state index contributed by atoms with van der Waals surface area (Å²) < 4.78 is 0. The van der Waals surface area contributed by atoms with Crippen LogP contribution in [0.25, 0.3) is 0 Å². The van der Waals surface area contributed by atoms with Crippen LogP contribution in [0.1, 0.15) is 58.8 Å². The van der Waals surface area contributed by atoms with Gasteiger partial charge in [0.2, 0.25) is 5.91 Å². The molecule has 0 aromatic heterocycles. The molecule has 0 bridgehead atoms. The van der Waals surface area contributed by atoms with E-state index in [9.17, 15) is 9.59 Å². The van der Waals surface area contributed by atoms with Crippen LogP contribution in [-0.4, -0.2) is 35.0 Å². The lowest BCUT2D eigenvalue weighted by Crippen LogP contribution is -2.36. The van der Waals surface area contributed by atoms with Gasteiger partial charge in [0.15, 0.2) is 0 Å². The molecule has 4 nitrogen and oxygen atoms in total. The summed E-state index contributed by atoms with van der Waals surface area (Å²) in [6.07, 6.45) is 7.98. The van der Waals surface area contributed by atoms with Gasteiger partial charge in [-0.05, 0) is 19.3 Å². The zero-order valence-electron chi connectivity index (χ0n) is 12.2.